The van der Waals surface area contributed by atoms with Crippen LogP contribution in [-0.4, -0.2) is 17.4 Å². The second-order valence-electron chi connectivity index (χ2n) is 4.64. The maximum absolute atomic E-state index is 12.4. The molecule has 0 spiro atoms. The van der Waals surface area contributed by atoms with Crippen LogP contribution in [0.1, 0.15) is 22.3 Å². The maximum Gasteiger partial charge on any atom is 0.169 e. The van der Waals surface area contributed by atoms with Gasteiger partial charge in [-0.3, -0.25) is 4.79 Å². The van der Waals surface area contributed by atoms with Crippen LogP contribution >= 0.6 is 11.3 Å². The zero-order valence-corrected chi connectivity index (χ0v) is 12.5. The number of carbonyl (C=O) groups excluding carboxylic acids is 1. The van der Waals surface area contributed by atoms with E-state index >= 15 is 0 Å². The van der Waals surface area contributed by atoms with Crippen molar-refractivity contribution in [3.8, 4) is 5.75 Å². The SMILES string of the molecule is CCOc1cccc(C(=O)Cc2nc3ccccc3s2)c1. The molecule has 0 radical (unpaired) electrons. The van der Waals surface area contributed by atoms with Crippen molar-refractivity contribution >= 4 is 27.3 Å². The quantitative estimate of drug-likeness (QED) is 0.665. The van der Waals surface area contributed by atoms with Gasteiger partial charge in [0.1, 0.15) is 10.8 Å². The molecule has 106 valence electrons. The minimum Gasteiger partial charge on any atom is -0.494 e. The lowest BCUT2D eigenvalue weighted by Crippen LogP contribution is -2.03. The van der Waals surface area contributed by atoms with Crippen LogP contribution in [0.5, 0.6) is 5.75 Å². The maximum atomic E-state index is 12.4. The first-order valence-electron chi connectivity index (χ1n) is 6.87. The molecule has 3 aromatic rings. The standard InChI is InChI=1S/C17H15NO2S/c1-2-20-13-7-5-6-12(10-13)15(19)11-17-18-14-8-3-4-9-16(14)21-17/h3-10H,2,11H2,1H3. The highest BCUT2D eigenvalue weighted by Gasteiger charge is 2.11. The Morgan fingerprint density at radius 3 is 2.86 bits per heavy atom. The molecular weight excluding hydrogens is 282 g/mol. The van der Waals surface area contributed by atoms with Gasteiger partial charge in [-0.1, -0.05) is 24.3 Å². The van der Waals surface area contributed by atoms with E-state index in [-0.39, 0.29) is 5.78 Å². The van der Waals surface area contributed by atoms with Crippen molar-refractivity contribution in [3.05, 3.63) is 59.1 Å². The largest absolute Gasteiger partial charge is 0.494 e. The molecule has 0 amide bonds. The third-order valence-corrected chi connectivity index (χ3v) is 4.15. The topological polar surface area (TPSA) is 39.2 Å². The smallest absolute Gasteiger partial charge is 0.169 e. The van der Waals surface area contributed by atoms with E-state index in [4.69, 9.17) is 4.74 Å². The molecule has 21 heavy (non-hydrogen) atoms. The average Bonchev–Trinajstić information content (AvgIpc) is 2.90. The third-order valence-electron chi connectivity index (χ3n) is 3.12. The predicted octanol–water partition coefficient (Wildman–Crippen LogP) is 4.12. The molecule has 0 aliphatic heterocycles. The molecule has 3 nitrogen and oxygen atoms in total. The van der Waals surface area contributed by atoms with Crippen molar-refractivity contribution in [3.63, 3.8) is 0 Å². The summed E-state index contributed by atoms with van der Waals surface area (Å²) in [6.07, 6.45) is 0.328. The number of para-hydroxylation sites is 1. The number of hydrogen-bond acceptors (Lipinski definition) is 4. The number of thiazole rings is 1. The molecule has 1 aromatic heterocycles. The minimum atomic E-state index is 0.0654. The number of carbonyl (C=O) groups is 1. The number of Topliss-reactive ketones (excluding diaryl/α,β-unsaturated/α-hetero) is 1. The number of nitrogens with zero attached hydrogens (tertiary/aromatic N) is 1. The summed E-state index contributed by atoms with van der Waals surface area (Å²) >= 11 is 1.57. The van der Waals surface area contributed by atoms with Crippen LogP contribution in [0, 0.1) is 0 Å². The predicted molar refractivity (Wildman–Crippen MR) is 85.3 cm³/mol. The molecular formula is C17H15NO2S. The number of aromatic nitrogens is 1. The second kappa shape index (κ2) is 6.06. The van der Waals surface area contributed by atoms with Crippen LogP contribution in [0.3, 0.4) is 0 Å². The molecule has 4 heteroatoms. The van der Waals surface area contributed by atoms with E-state index in [1.54, 1.807) is 17.4 Å². The van der Waals surface area contributed by atoms with Gasteiger partial charge < -0.3 is 4.74 Å². The number of rotatable bonds is 5. The summed E-state index contributed by atoms with van der Waals surface area (Å²) < 4.78 is 6.54. The van der Waals surface area contributed by atoms with E-state index in [0.29, 0.717) is 18.6 Å². The molecule has 2 aromatic carbocycles. The van der Waals surface area contributed by atoms with Crippen molar-refractivity contribution < 1.29 is 9.53 Å². The summed E-state index contributed by atoms with van der Waals surface area (Å²) in [6, 6.07) is 15.2. The Kier molecular flexibility index (Phi) is 3.97. The molecule has 1 heterocycles. The Hall–Kier alpha value is -2.20. The Bertz CT molecular complexity index is 746. The fourth-order valence-corrected chi connectivity index (χ4v) is 3.13. The van der Waals surface area contributed by atoms with Crippen LogP contribution in [0.25, 0.3) is 10.2 Å². The fourth-order valence-electron chi connectivity index (χ4n) is 2.16. The Morgan fingerprint density at radius 2 is 2.05 bits per heavy atom. The van der Waals surface area contributed by atoms with Gasteiger partial charge in [0.2, 0.25) is 0 Å². The molecule has 0 fully saturated rings. The first kappa shape index (κ1) is 13.8. The van der Waals surface area contributed by atoms with Crippen LogP contribution in [0.4, 0.5) is 0 Å². The number of ketones is 1. The van der Waals surface area contributed by atoms with Crippen molar-refractivity contribution in [2.45, 2.75) is 13.3 Å². The summed E-state index contributed by atoms with van der Waals surface area (Å²) in [6.45, 7) is 2.52. The monoisotopic (exact) mass is 297 g/mol. The van der Waals surface area contributed by atoms with E-state index in [1.807, 2.05) is 49.4 Å². The molecule has 0 aliphatic carbocycles. The summed E-state index contributed by atoms with van der Waals surface area (Å²) in [5.74, 6) is 0.795. The minimum absolute atomic E-state index is 0.0654. The number of hydrogen-bond donors (Lipinski definition) is 0. The van der Waals surface area contributed by atoms with E-state index in [2.05, 4.69) is 4.98 Å². The first-order valence-corrected chi connectivity index (χ1v) is 7.68. The van der Waals surface area contributed by atoms with Crippen LogP contribution in [0.15, 0.2) is 48.5 Å². The van der Waals surface area contributed by atoms with E-state index in [1.165, 1.54) is 0 Å². The van der Waals surface area contributed by atoms with Crippen LogP contribution < -0.4 is 4.74 Å². The van der Waals surface area contributed by atoms with Gasteiger partial charge in [-0.25, -0.2) is 4.98 Å². The molecule has 0 unspecified atom stereocenters. The third kappa shape index (κ3) is 3.11. The van der Waals surface area contributed by atoms with Gasteiger partial charge in [-0.15, -0.1) is 11.3 Å². The number of benzene rings is 2. The molecule has 0 saturated carbocycles. The first-order chi connectivity index (χ1) is 10.3. The van der Waals surface area contributed by atoms with Crippen molar-refractivity contribution in [1.29, 1.82) is 0 Å². The summed E-state index contributed by atoms with van der Waals surface area (Å²) in [7, 11) is 0. The molecule has 3 rings (SSSR count). The van der Waals surface area contributed by atoms with E-state index in [0.717, 1.165) is 21.0 Å². The molecule has 0 N–H and O–H groups in total. The van der Waals surface area contributed by atoms with Gasteiger partial charge in [0.25, 0.3) is 0 Å². The highest BCUT2D eigenvalue weighted by atomic mass is 32.1. The van der Waals surface area contributed by atoms with Gasteiger partial charge in [0.05, 0.1) is 23.2 Å². The normalized spacial score (nSPS) is 10.7. The Morgan fingerprint density at radius 1 is 1.19 bits per heavy atom. The Balaban J connectivity index is 1.80. The summed E-state index contributed by atoms with van der Waals surface area (Å²) in [4.78, 5) is 16.9. The zero-order chi connectivity index (χ0) is 14.7. The average molecular weight is 297 g/mol. The van der Waals surface area contributed by atoms with Gasteiger partial charge in [-0.05, 0) is 31.2 Å². The van der Waals surface area contributed by atoms with E-state index in [9.17, 15) is 4.79 Å². The Labute approximate surface area is 127 Å². The number of ether oxygens (including phenoxy) is 1. The van der Waals surface area contributed by atoms with Gasteiger partial charge >= 0.3 is 0 Å². The van der Waals surface area contributed by atoms with Gasteiger partial charge in [0, 0.05) is 5.56 Å². The fraction of sp³-hybridized carbons (Fsp3) is 0.176. The lowest BCUT2D eigenvalue weighted by atomic mass is 10.1. The highest BCUT2D eigenvalue weighted by molar-refractivity contribution is 7.18. The lowest BCUT2D eigenvalue weighted by molar-refractivity contribution is 0.0992. The number of fused-ring (bicyclic) bond motifs is 1. The lowest BCUT2D eigenvalue weighted by Gasteiger charge is -2.04. The van der Waals surface area contributed by atoms with E-state index < -0.39 is 0 Å². The van der Waals surface area contributed by atoms with Crippen molar-refractivity contribution in [2.24, 2.45) is 0 Å². The van der Waals surface area contributed by atoms with Crippen LogP contribution in [-0.2, 0) is 6.42 Å². The van der Waals surface area contributed by atoms with Crippen molar-refractivity contribution in [1.82, 2.24) is 4.98 Å². The molecule has 0 saturated heterocycles. The van der Waals surface area contributed by atoms with Gasteiger partial charge in [-0.2, -0.15) is 0 Å². The molecule has 0 bridgehead atoms. The van der Waals surface area contributed by atoms with Crippen molar-refractivity contribution in [2.75, 3.05) is 6.61 Å². The highest BCUT2D eigenvalue weighted by Crippen LogP contribution is 2.23. The molecule has 0 atom stereocenters. The summed E-state index contributed by atoms with van der Waals surface area (Å²) in [5.41, 5.74) is 1.62. The second-order valence-corrected chi connectivity index (χ2v) is 5.75. The van der Waals surface area contributed by atoms with Crippen LogP contribution in [0.2, 0.25) is 0 Å². The van der Waals surface area contributed by atoms with Gasteiger partial charge in [0.15, 0.2) is 5.78 Å². The molecule has 0 aliphatic rings. The summed E-state index contributed by atoms with van der Waals surface area (Å²) in [5, 5.41) is 0.850. The zero-order valence-electron chi connectivity index (χ0n) is 11.7.